The van der Waals surface area contributed by atoms with Crippen LogP contribution in [0.15, 0.2) is 58.6 Å². The van der Waals surface area contributed by atoms with Crippen molar-refractivity contribution >= 4 is 23.5 Å². The SMILES string of the molecule is CCn1c(SCCSc2ccc(F)cc2)nnc1-c1ccccc1OC. The fourth-order valence-corrected chi connectivity index (χ4v) is 4.42. The Morgan fingerprint density at radius 2 is 1.73 bits per heavy atom. The number of benzene rings is 2. The third kappa shape index (κ3) is 4.40. The van der Waals surface area contributed by atoms with Gasteiger partial charge in [0.05, 0.1) is 12.7 Å². The van der Waals surface area contributed by atoms with Crippen LogP contribution in [0.3, 0.4) is 0 Å². The summed E-state index contributed by atoms with van der Waals surface area (Å²) >= 11 is 3.38. The van der Waals surface area contributed by atoms with Crippen LogP contribution >= 0.6 is 23.5 Å². The molecule has 26 heavy (non-hydrogen) atoms. The minimum absolute atomic E-state index is 0.205. The third-order valence-electron chi connectivity index (χ3n) is 3.78. The first kappa shape index (κ1) is 18.8. The molecule has 1 aromatic heterocycles. The van der Waals surface area contributed by atoms with Crippen LogP contribution in [0.1, 0.15) is 6.92 Å². The van der Waals surface area contributed by atoms with Gasteiger partial charge in [-0.2, -0.15) is 0 Å². The van der Waals surface area contributed by atoms with Crippen molar-refractivity contribution in [3.63, 3.8) is 0 Å². The van der Waals surface area contributed by atoms with E-state index < -0.39 is 0 Å². The molecule has 0 saturated carbocycles. The van der Waals surface area contributed by atoms with Gasteiger partial charge in [-0.3, -0.25) is 0 Å². The fourth-order valence-electron chi connectivity index (χ4n) is 2.53. The van der Waals surface area contributed by atoms with E-state index in [4.69, 9.17) is 4.74 Å². The van der Waals surface area contributed by atoms with Crippen LogP contribution in [0.5, 0.6) is 5.75 Å². The molecule has 3 rings (SSSR count). The summed E-state index contributed by atoms with van der Waals surface area (Å²) in [5, 5.41) is 9.63. The summed E-state index contributed by atoms with van der Waals surface area (Å²) in [6, 6.07) is 14.4. The molecule has 0 unspecified atom stereocenters. The van der Waals surface area contributed by atoms with Crippen molar-refractivity contribution in [2.45, 2.75) is 23.5 Å². The molecule has 0 N–H and O–H groups in total. The van der Waals surface area contributed by atoms with Gasteiger partial charge in [0.25, 0.3) is 0 Å². The second-order valence-corrected chi connectivity index (χ2v) is 7.63. The molecular weight excluding hydrogens is 369 g/mol. The quantitative estimate of drug-likeness (QED) is 0.401. The van der Waals surface area contributed by atoms with E-state index in [0.29, 0.717) is 0 Å². The van der Waals surface area contributed by atoms with Gasteiger partial charge in [0.1, 0.15) is 11.6 Å². The van der Waals surface area contributed by atoms with Crippen LogP contribution in [0.25, 0.3) is 11.4 Å². The fraction of sp³-hybridized carbons (Fsp3) is 0.263. The first-order chi connectivity index (χ1) is 12.7. The minimum Gasteiger partial charge on any atom is -0.496 e. The highest BCUT2D eigenvalue weighted by Gasteiger charge is 2.16. The van der Waals surface area contributed by atoms with Gasteiger partial charge in [0, 0.05) is 22.9 Å². The predicted octanol–water partition coefficient (Wildman–Crippen LogP) is 5.00. The highest BCUT2D eigenvalue weighted by atomic mass is 32.2. The van der Waals surface area contributed by atoms with Crippen molar-refractivity contribution in [3.8, 4) is 17.1 Å². The molecule has 0 aliphatic carbocycles. The summed E-state index contributed by atoms with van der Waals surface area (Å²) in [4.78, 5) is 1.07. The van der Waals surface area contributed by atoms with Crippen molar-refractivity contribution < 1.29 is 9.13 Å². The average Bonchev–Trinajstić information content (AvgIpc) is 3.09. The molecule has 0 aliphatic rings. The van der Waals surface area contributed by atoms with Gasteiger partial charge in [0.2, 0.25) is 0 Å². The highest BCUT2D eigenvalue weighted by molar-refractivity contribution is 8.02. The number of methoxy groups -OCH3 is 1. The summed E-state index contributed by atoms with van der Waals surface area (Å²) in [6.07, 6.45) is 0. The van der Waals surface area contributed by atoms with E-state index in [1.807, 2.05) is 24.3 Å². The van der Waals surface area contributed by atoms with Crippen molar-refractivity contribution in [2.75, 3.05) is 18.6 Å². The van der Waals surface area contributed by atoms with Gasteiger partial charge < -0.3 is 9.30 Å². The Morgan fingerprint density at radius 3 is 2.46 bits per heavy atom. The van der Waals surface area contributed by atoms with Gasteiger partial charge in [-0.1, -0.05) is 23.9 Å². The number of ether oxygens (including phenoxy) is 1. The Bertz CT molecular complexity index is 852. The maximum Gasteiger partial charge on any atom is 0.191 e. The molecule has 0 radical (unpaired) electrons. The first-order valence-electron chi connectivity index (χ1n) is 8.30. The molecule has 0 spiro atoms. The first-order valence-corrected chi connectivity index (χ1v) is 10.3. The van der Waals surface area contributed by atoms with Gasteiger partial charge in [0.15, 0.2) is 11.0 Å². The van der Waals surface area contributed by atoms with Gasteiger partial charge in [-0.25, -0.2) is 4.39 Å². The lowest BCUT2D eigenvalue weighted by Crippen LogP contribution is -2.01. The van der Waals surface area contributed by atoms with Crippen molar-refractivity contribution in [3.05, 3.63) is 54.3 Å². The number of rotatable bonds is 8. The summed E-state index contributed by atoms with van der Waals surface area (Å²) in [5.41, 5.74) is 0.942. The maximum absolute atomic E-state index is 12.9. The van der Waals surface area contributed by atoms with Crippen LogP contribution in [-0.4, -0.2) is 33.4 Å². The summed E-state index contributed by atoms with van der Waals surface area (Å²) in [6.45, 7) is 2.87. The van der Waals surface area contributed by atoms with E-state index >= 15 is 0 Å². The van der Waals surface area contributed by atoms with Crippen LogP contribution in [0.2, 0.25) is 0 Å². The highest BCUT2D eigenvalue weighted by Crippen LogP contribution is 2.31. The topological polar surface area (TPSA) is 39.9 Å². The van der Waals surface area contributed by atoms with Crippen molar-refractivity contribution in [2.24, 2.45) is 0 Å². The Morgan fingerprint density at radius 1 is 1.00 bits per heavy atom. The predicted molar refractivity (Wildman–Crippen MR) is 106 cm³/mol. The lowest BCUT2D eigenvalue weighted by atomic mass is 10.2. The number of thioether (sulfide) groups is 2. The monoisotopic (exact) mass is 389 g/mol. The average molecular weight is 390 g/mol. The molecule has 0 amide bonds. The maximum atomic E-state index is 12.9. The molecule has 7 heteroatoms. The zero-order valence-electron chi connectivity index (χ0n) is 14.7. The molecule has 3 aromatic rings. The third-order valence-corrected chi connectivity index (χ3v) is 6.02. The van der Waals surface area contributed by atoms with Gasteiger partial charge >= 0.3 is 0 Å². The molecule has 0 fully saturated rings. The smallest absolute Gasteiger partial charge is 0.191 e. The molecule has 4 nitrogen and oxygen atoms in total. The zero-order chi connectivity index (χ0) is 18.4. The summed E-state index contributed by atoms with van der Waals surface area (Å²) in [7, 11) is 1.66. The molecule has 0 aliphatic heterocycles. The summed E-state index contributed by atoms with van der Waals surface area (Å²) in [5.74, 6) is 3.21. The van der Waals surface area contributed by atoms with E-state index in [2.05, 4.69) is 21.7 Å². The van der Waals surface area contributed by atoms with Crippen molar-refractivity contribution in [1.82, 2.24) is 14.8 Å². The Kier molecular flexibility index (Phi) is 6.57. The number of hydrogen-bond donors (Lipinski definition) is 0. The number of nitrogens with zero attached hydrogens (tertiary/aromatic N) is 3. The van der Waals surface area contributed by atoms with E-state index in [1.165, 1.54) is 12.1 Å². The summed E-state index contributed by atoms with van der Waals surface area (Å²) < 4.78 is 20.5. The number of para-hydroxylation sites is 1. The van der Waals surface area contributed by atoms with E-state index in [-0.39, 0.29) is 5.82 Å². The number of hydrogen-bond acceptors (Lipinski definition) is 5. The molecule has 0 atom stereocenters. The zero-order valence-corrected chi connectivity index (χ0v) is 16.3. The van der Waals surface area contributed by atoms with E-state index in [0.717, 1.165) is 45.2 Å². The Balaban J connectivity index is 1.65. The molecule has 0 saturated heterocycles. The van der Waals surface area contributed by atoms with E-state index in [9.17, 15) is 4.39 Å². The number of halogens is 1. The minimum atomic E-state index is -0.205. The normalized spacial score (nSPS) is 10.9. The molecule has 0 bridgehead atoms. The van der Waals surface area contributed by atoms with Crippen LogP contribution in [-0.2, 0) is 6.54 Å². The van der Waals surface area contributed by atoms with Crippen LogP contribution < -0.4 is 4.74 Å². The van der Waals surface area contributed by atoms with Gasteiger partial charge in [-0.15, -0.1) is 22.0 Å². The molecule has 136 valence electrons. The largest absolute Gasteiger partial charge is 0.496 e. The molecular formula is C19H20FN3OS2. The molecule has 2 aromatic carbocycles. The lowest BCUT2D eigenvalue weighted by molar-refractivity contribution is 0.416. The lowest BCUT2D eigenvalue weighted by Gasteiger charge is -2.10. The Labute approximate surface area is 161 Å². The number of aromatic nitrogens is 3. The molecule has 1 heterocycles. The Hall–Kier alpha value is -1.99. The van der Waals surface area contributed by atoms with Crippen LogP contribution in [0.4, 0.5) is 4.39 Å². The van der Waals surface area contributed by atoms with Crippen LogP contribution in [0, 0.1) is 5.82 Å². The van der Waals surface area contributed by atoms with Crippen molar-refractivity contribution in [1.29, 1.82) is 0 Å². The second-order valence-electron chi connectivity index (χ2n) is 5.40. The standard InChI is InChI=1S/C19H20FN3OS2/c1-3-23-18(16-6-4-5-7-17(16)24-2)21-22-19(23)26-13-12-25-15-10-8-14(20)9-11-15/h4-11H,3,12-13H2,1-2H3. The second kappa shape index (κ2) is 9.09. The van der Waals surface area contributed by atoms with E-state index in [1.54, 1.807) is 42.8 Å². The van der Waals surface area contributed by atoms with Gasteiger partial charge in [-0.05, 0) is 43.3 Å².